The molecule has 4 heterocycles. The van der Waals surface area contributed by atoms with E-state index in [2.05, 4.69) is 34.0 Å². The molecule has 4 rings (SSSR count). The van der Waals surface area contributed by atoms with Crippen molar-refractivity contribution in [3.05, 3.63) is 30.1 Å². The highest BCUT2D eigenvalue weighted by molar-refractivity contribution is 5.82. The van der Waals surface area contributed by atoms with E-state index in [1.807, 2.05) is 17.2 Å². The first-order valence-electron chi connectivity index (χ1n) is 9.84. The number of likely N-dealkylation sites (tertiary alicyclic amines) is 2. The number of aromatic nitrogens is 1. The molecule has 3 saturated heterocycles. The summed E-state index contributed by atoms with van der Waals surface area (Å²) in [6.45, 7) is 7.02. The molecule has 0 N–H and O–H groups in total. The van der Waals surface area contributed by atoms with E-state index in [-0.39, 0.29) is 6.04 Å². The van der Waals surface area contributed by atoms with Gasteiger partial charge in [0.2, 0.25) is 5.91 Å². The van der Waals surface area contributed by atoms with E-state index in [4.69, 9.17) is 4.74 Å². The summed E-state index contributed by atoms with van der Waals surface area (Å²) in [5, 5.41) is 0. The Balaban J connectivity index is 1.33. The van der Waals surface area contributed by atoms with Gasteiger partial charge >= 0.3 is 0 Å². The van der Waals surface area contributed by atoms with Crippen LogP contribution in [0.5, 0.6) is 0 Å². The average Bonchev–Trinajstić information content (AvgIpc) is 3.01. The second-order valence-electron chi connectivity index (χ2n) is 8.17. The van der Waals surface area contributed by atoms with Crippen LogP contribution in [0.2, 0.25) is 0 Å². The quantitative estimate of drug-likeness (QED) is 0.813. The standard InChI is InChI=1S/C20H30N4O2/c1-22-16-20(14-18(22)19(25)24-10-12-26-13-11-24)5-8-23(9-6-20)15-17-4-2-3-7-21-17/h2-4,7,18H,5-6,8-16H2,1H3. The Bertz CT molecular complexity index is 609. The van der Waals surface area contributed by atoms with Crippen LogP contribution in [0.1, 0.15) is 25.0 Å². The highest BCUT2D eigenvalue weighted by Crippen LogP contribution is 2.43. The number of likely N-dealkylation sites (N-methyl/N-ethyl adjacent to an activating group) is 1. The maximum absolute atomic E-state index is 13.0. The smallest absolute Gasteiger partial charge is 0.240 e. The van der Waals surface area contributed by atoms with Crippen molar-refractivity contribution in [3.8, 4) is 0 Å². The molecule has 142 valence electrons. The molecule has 0 bridgehead atoms. The van der Waals surface area contributed by atoms with Crippen molar-refractivity contribution < 1.29 is 9.53 Å². The predicted molar refractivity (Wildman–Crippen MR) is 99.6 cm³/mol. The number of ether oxygens (including phenoxy) is 1. The van der Waals surface area contributed by atoms with Gasteiger partial charge in [0.25, 0.3) is 0 Å². The summed E-state index contributed by atoms with van der Waals surface area (Å²) in [6, 6.07) is 6.18. The summed E-state index contributed by atoms with van der Waals surface area (Å²) < 4.78 is 5.39. The van der Waals surface area contributed by atoms with Crippen LogP contribution >= 0.6 is 0 Å². The predicted octanol–water partition coefficient (Wildman–Crippen LogP) is 1.23. The zero-order valence-electron chi connectivity index (χ0n) is 15.8. The summed E-state index contributed by atoms with van der Waals surface area (Å²) in [4.78, 5) is 24.2. The van der Waals surface area contributed by atoms with Gasteiger partial charge in [-0.15, -0.1) is 0 Å². The van der Waals surface area contributed by atoms with Crippen molar-refractivity contribution in [2.75, 3.05) is 53.0 Å². The second-order valence-corrected chi connectivity index (χ2v) is 8.17. The first kappa shape index (κ1) is 17.9. The van der Waals surface area contributed by atoms with Crippen LogP contribution in [0.4, 0.5) is 0 Å². The van der Waals surface area contributed by atoms with Crippen LogP contribution in [0, 0.1) is 5.41 Å². The van der Waals surface area contributed by atoms with E-state index >= 15 is 0 Å². The molecule has 0 aromatic carbocycles. The summed E-state index contributed by atoms with van der Waals surface area (Å²) in [5.74, 6) is 0.309. The SMILES string of the molecule is CN1CC2(CCN(Cc3ccccn3)CC2)CC1C(=O)N1CCOCC1. The lowest BCUT2D eigenvalue weighted by Crippen LogP contribution is -2.48. The summed E-state index contributed by atoms with van der Waals surface area (Å²) in [5.41, 5.74) is 1.45. The van der Waals surface area contributed by atoms with Crippen molar-refractivity contribution in [2.45, 2.75) is 31.8 Å². The molecule has 0 radical (unpaired) electrons. The Morgan fingerprint density at radius 2 is 2.00 bits per heavy atom. The van der Waals surface area contributed by atoms with E-state index < -0.39 is 0 Å². The van der Waals surface area contributed by atoms with Gasteiger partial charge in [-0.25, -0.2) is 0 Å². The fourth-order valence-corrected chi connectivity index (χ4v) is 4.81. The van der Waals surface area contributed by atoms with Gasteiger partial charge in [0, 0.05) is 32.4 Å². The molecule has 0 aliphatic carbocycles. The van der Waals surface area contributed by atoms with E-state index in [1.165, 1.54) is 12.8 Å². The molecule has 1 atom stereocenters. The number of carbonyl (C=O) groups is 1. The number of nitrogens with zero attached hydrogens (tertiary/aromatic N) is 4. The van der Waals surface area contributed by atoms with Gasteiger partial charge in [-0.05, 0) is 56.9 Å². The Kier molecular flexibility index (Phi) is 5.25. The minimum absolute atomic E-state index is 0.0513. The van der Waals surface area contributed by atoms with Crippen LogP contribution in [0.15, 0.2) is 24.4 Å². The molecular formula is C20H30N4O2. The maximum Gasteiger partial charge on any atom is 0.240 e. The Morgan fingerprint density at radius 3 is 2.69 bits per heavy atom. The molecule has 1 aromatic rings. The van der Waals surface area contributed by atoms with E-state index in [0.717, 1.165) is 51.4 Å². The Morgan fingerprint density at radius 1 is 1.23 bits per heavy atom. The third-order valence-electron chi connectivity index (χ3n) is 6.38. The monoisotopic (exact) mass is 358 g/mol. The van der Waals surface area contributed by atoms with Crippen molar-refractivity contribution in [1.82, 2.24) is 19.7 Å². The van der Waals surface area contributed by atoms with Crippen LogP contribution in [-0.4, -0.2) is 84.6 Å². The van der Waals surface area contributed by atoms with Gasteiger partial charge in [-0.2, -0.15) is 0 Å². The molecule has 26 heavy (non-hydrogen) atoms. The van der Waals surface area contributed by atoms with Crippen LogP contribution in [-0.2, 0) is 16.1 Å². The molecule has 3 aliphatic rings. The summed E-state index contributed by atoms with van der Waals surface area (Å²) >= 11 is 0. The number of amides is 1. The number of rotatable bonds is 3. The summed E-state index contributed by atoms with van der Waals surface area (Å²) in [6.07, 6.45) is 5.24. The fourth-order valence-electron chi connectivity index (χ4n) is 4.81. The van der Waals surface area contributed by atoms with Crippen molar-refractivity contribution in [3.63, 3.8) is 0 Å². The minimum Gasteiger partial charge on any atom is -0.378 e. The van der Waals surface area contributed by atoms with E-state index in [9.17, 15) is 4.79 Å². The van der Waals surface area contributed by atoms with E-state index in [0.29, 0.717) is 24.5 Å². The van der Waals surface area contributed by atoms with Gasteiger partial charge in [-0.1, -0.05) is 6.07 Å². The number of carbonyl (C=O) groups excluding carboxylic acids is 1. The van der Waals surface area contributed by atoms with Crippen molar-refractivity contribution in [1.29, 1.82) is 0 Å². The molecule has 6 heteroatoms. The molecular weight excluding hydrogens is 328 g/mol. The molecule has 1 spiro atoms. The number of hydrogen-bond acceptors (Lipinski definition) is 5. The lowest BCUT2D eigenvalue weighted by molar-refractivity contribution is -0.139. The first-order chi connectivity index (χ1) is 12.7. The van der Waals surface area contributed by atoms with Gasteiger partial charge in [-0.3, -0.25) is 19.6 Å². The Labute approximate surface area is 156 Å². The average molecular weight is 358 g/mol. The number of piperidine rings is 1. The summed E-state index contributed by atoms with van der Waals surface area (Å²) in [7, 11) is 2.12. The number of morpholine rings is 1. The number of pyridine rings is 1. The third-order valence-corrected chi connectivity index (χ3v) is 6.38. The van der Waals surface area contributed by atoms with Crippen LogP contribution in [0.25, 0.3) is 0 Å². The second kappa shape index (κ2) is 7.62. The lowest BCUT2D eigenvalue weighted by atomic mass is 9.76. The van der Waals surface area contributed by atoms with Gasteiger partial charge in [0.05, 0.1) is 24.9 Å². The molecule has 6 nitrogen and oxygen atoms in total. The molecule has 3 aliphatic heterocycles. The molecule has 1 aromatic heterocycles. The third kappa shape index (κ3) is 3.77. The Hall–Kier alpha value is -1.50. The topological polar surface area (TPSA) is 48.9 Å². The zero-order chi connectivity index (χ0) is 18.0. The highest BCUT2D eigenvalue weighted by atomic mass is 16.5. The van der Waals surface area contributed by atoms with Crippen LogP contribution < -0.4 is 0 Å². The fraction of sp³-hybridized carbons (Fsp3) is 0.700. The van der Waals surface area contributed by atoms with Crippen molar-refractivity contribution in [2.24, 2.45) is 5.41 Å². The lowest BCUT2D eigenvalue weighted by Gasteiger charge is -2.39. The molecule has 0 saturated carbocycles. The maximum atomic E-state index is 13.0. The number of hydrogen-bond donors (Lipinski definition) is 0. The normalized spacial score (nSPS) is 27.1. The van der Waals surface area contributed by atoms with E-state index in [1.54, 1.807) is 0 Å². The van der Waals surface area contributed by atoms with Crippen LogP contribution in [0.3, 0.4) is 0 Å². The van der Waals surface area contributed by atoms with Gasteiger partial charge < -0.3 is 9.64 Å². The van der Waals surface area contributed by atoms with Gasteiger partial charge in [0.15, 0.2) is 0 Å². The molecule has 3 fully saturated rings. The molecule has 1 unspecified atom stereocenters. The van der Waals surface area contributed by atoms with Gasteiger partial charge in [0.1, 0.15) is 0 Å². The molecule has 1 amide bonds. The minimum atomic E-state index is 0.0513. The zero-order valence-corrected chi connectivity index (χ0v) is 15.8. The largest absolute Gasteiger partial charge is 0.378 e. The van der Waals surface area contributed by atoms with Crippen molar-refractivity contribution >= 4 is 5.91 Å². The first-order valence-corrected chi connectivity index (χ1v) is 9.84. The highest BCUT2D eigenvalue weighted by Gasteiger charge is 2.47.